The molecule has 0 bridgehead atoms. The van der Waals surface area contributed by atoms with Crippen LogP contribution in [0.1, 0.15) is 5.56 Å². The normalized spacial score (nSPS) is 10.8. The van der Waals surface area contributed by atoms with Crippen LogP contribution in [-0.2, 0) is 13.6 Å². The summed E-state index contributed by atoms with van der Waals surface area (Å²) in [5, 5.41) is 0.936. The molecule has 3 aromatic rings. The summed E-state index contributed by atoms with van der Waals surface area (Å²) in [6.07, 6.45) is 0. The molecule has 28 heavy (non-hydrogen) atoms. The predicted octanol–water partition coefficient (Wildman–Crippen LogP) is 3.26. The van der Waals surface area contributed by atoms with Crippen LogP contribution < -0.4 is 24.8 Å². The largest absolute Gasteiger partial charge is 0.493 e. The fourth-order valence-corrected chi connectivity index (χ4v) is 3.33. The molecule has 0 saturated heterocycles. The molecule has 148 valence electrons. The van der Waals surface area contributed by atoms with E-state index in [1.54, 1.807) is 25.8 Å². The zero-order valence-electron chi connectivity index (χ0n) is 17.3. The molecule has 0 amide bonds. The third-order valence-electron chi connectivity index (χ3n) is 5.02. The van der Waals surface area contributed by atoms with E-state index in [1.165, 1.54) is 0 Å². The number of aryl methyl sites for hydroxylation is 1. The third-order valence-corrected chi connectivity index (χ3v) is 5.02. The monoisotopic (exact) mass is 381 g/mol. The van der Waals surface area contributed by atoms with Crippen LogP contribution in [0.3, 0.4) is 0 Å². The molecule has 0 aliphatic rings. The van der Waals surface area contributed by atoms with E-state index in [9.17, 15) is 4.79 Å². The number of hydrogen-bond acceptors (Lipinski definition) is 5. The molecule has 0 fully saturated rings. The van der Waals surface area contributed by atoms with E-state index in [0.717, 1.165) is 27.8 Å². The van der Waals surface area contributed by atoms with Crippen molar-refractivity contribution in [3.63, 3.8) is 0 Å². The Balaban J connectivity index is 1.98. The number of anilines is 2. The Labute approximate surface area is 165 Å². The number of hydrogen-bond donors (Lipinski definition) is 0. The molecule has 0 unspecified atom stereocenters. The number of aromatic nitrogens is 1. The first-order chi connectivity index (χ1) is 13.3. The molecule has 0 saturated carbocycles. The number of methoxy groups -OCH3 is 2. The first kappa shape index (κ1) is 19.6. The van der Waals surface area contributed by atoms with Crippen LogP contribution >= 0.6 is 0 Å². The first-order valence-electron chi connectivity index (χ1n) is 9.09. The van der Waals surface area contributed by atoms with Gasteiger partial charge in [0.05, 0.1) is 19.7 Å². The Kier molecular flexibility index (Phi) is 5.49. The van der Waals surface area contributed by atoms with E-state index in [2.05, 4.69) is 34.1 Å². The average Bonchev–Trinajstić information content (AvgIpc) is 2.70. The summed E-state index contributed by atoms with van der Waals surface area (Å²) in [5.74, 6) is 1.25. The highest BCUT2D eigenvalue weighted by Crippen LogP contribution is 2.32. The quantitative estimate of drug-likeness (QED) is 0.656. The molecular formula is C22H27N3O3. The van der Waals surface area contributed by atoms with Gasteiger partial charge in [0, 0.05) is 63.1 Å². The van der Waals surface area contributed by atoms with Crippen LogP contribution in [-0.4, -0.2) is 39.9 Å². The Bertz CT molecular complexity index is 1040. The molecule has 1 heterocycles. The molecular weight excluding hydrogens is 354 g/mol. The third kappa shape index (κ3) is 3.63. The van der Waals surface area contributed by atoms with Gasteiger partial charge in [-0.05, 0) is 36.4 Å². The van der Waals surface area contributed by atoms with Gasteiger partial charge in [-0.25, -0.2) is 0 Å². The maximum Gasteiger partial charge on any atom is 0.255 e. The van der Waals surface area contributed by atoms with Crippen molar-refractivity contribution in [3.05, 3.63) is 58.4 Å². The van der Waals surface area contributed by atoms with Crippen LogP contribution in [0, 0.1) is 0 Å². The molecule has 0 aliphatic heterocycles. The Hall–Kier alpha value is -3.15. The van der Waals surface area contributed by atoms with Crippen LogP contribution in [0.2, 0.25) is 0 Å². The van der Waals surface area contributed by atoms with Crippen molar-refractivity contribution in [1.82, 2.24) is 4.57 Å². The van der Waals surface area contributed by atoms with E-state index in [0.29, 0.717) is 18.0 Å². The van der Waals surface area contributed by atoms with Crippen LogP contribution in [0.25, 0.3) is 10.9 Å². The lowest BCUT2D eigenvalue weighted by Gasteiger charge is -2.21. The van der Waals surface area contributed by atoms with Gasteiger partial charge < -0.3 is 23.8 Å². The molecule has 0 N–H and O–H groups in total. The van der Waals surface area contributed by atoms with Gasteiger partial charge in [-0.2, -0.15) is 0 Å². The van der Waals surface area contributed by atoms with E-state index in [1.807, 2.05) is 39.3 Å². The SMILES string of the molecule is COc1cc2cc(CN(C)c3ccc(N(C)C)cc3)c(=O)n(C)c2cc1OC. The number of pyridine rings is 1. The second-order valence-corrected chi connectivity index (χ2v) is 7.07. The number of rotatable bonds is 6. The highest BCUT2D eigenvalue weighted by atomic mass is 16.5. The van der Waals surface area contributed by atoms with Crippen molar-refractivity contribution < 1.29 is 9.47 Å². The highest BCUT2D eigenvalue weighted by Gasteiger charge is 2.13. The molecule has 2 aromatic carbocycles. The van der Waals surface area contributed by atoms with Crippen LogP contribution in [0.5, 0.6) is 11.5 Å². The van der Waals surface area contributed by atoms with Gasteiger partial charge in [-0.1, -0.05) is 0 Å². The fraction of sp³-hybridized carbons (Fsp3) is 0.318. The van der Waals surface area contributed by atoms with Crippen molar-refractivity contribution in [3.8, 4) is 11.5 Å². The second kappa shape index (κ2) is 7.84. The zero-order chi connectivity index (χ0) is 20.4. The minimum atomic E-state index is -0.0171. The Morgan fingerprint density at radius 3 is 2.04 bits per heavy atom. The topological polar surface area (TPSA) is 46.9 Å². The van der Waals surface area contributed by atoms with E-state index >= 15 is 0 Å². The van der Waals surface area contributed by atoms with Crippen molar-refractivity contribution in [2.45, 2.75) is 6.54 Å². The Morgan fingerprint density at radius 1 is 0.893 bits per heavy atom. The number of benzene rings is 2. The molecule has 0 aliphatic carbocycles. The lowest BCUT2D eigenvalue weighted by atomic mass is 10.1. The summed E-state index contributed by atoms with van der Waals surface area (Å²) in [6.45, 7) is 0.512. The van der Waals surface area contributed by atoms with Gasteiger partial charge in [0.1, 0.15) is 0 Å². The maximum absolute atomic E-state index is 12.9. The second-order valence-electron chi connectivity index (χ2n) is 7.07. The van der Waals surface area contributed by atoms with Crippen molar-refractivity contribution >= 4 is 22.3 Å². The standard InChI is InChI=1S/C22H27N3O3/c1-23(2)17-7-9-18(10-8-17)24(3)14-16-11-15-12-20(27-5)21(28-6)13-19(15)25(4)22(16)26/h7-13H,14H2,1-6H3. The van der Waals surface area contributed by atoms with Gasteiger partial charge in [-0.3, -0.25) is 4.79 Å². The van der Waals surface area contributed by atoms with E-state index in [4.69, 9.17) is 9.47 Å². The smallest absolute Gasteiger partial charge is 0.255 e. The van der Waals surface area contributed by atoms with Gasteiger partial charge in [0.25, 0.3) is 5.56 Å². The van der Waals surface area contributed by atoms with Crippen LogP contribution in [0.15, 0.2) is 47.3 Å². The number of nitrogens with zero attached hydrogens (tertiary/aromatic N) is 3. The molecule has 6 nitrogen and oxygen atoms in total. The minimum absolute atomic E-state index is 0.0171. The average molecular weight is 381 g/mol. The summed E-state index contributed by atoms with van der Waals surface area (Å²) in [6, 6.07) is 13.9. The first-order valence-corrected chi connectivity index (χ1v) is 9.09. The molecule has 1 aromatic heterocycles. The number of fused-ring (bicyclic) bond motifs is 1. The molecule has 0 radical (unpaired) electrons. The molecule has 6 heteroatoms. The lowest BCUT2D eigenvalue weighted by Crippen LogP contribution is -2.27. The Morgan fingerprint density at radius 2 is 1.46 bits per heavy atom. The van der Waals surface area contributed by atoms with E-state index in [-0.39, 0.29) is 5.56 Å². The summed E-state index contributed by atoms with van der Waals surface area (Å²) < 4.78 is 12.4. The van der Waals surface area contributed by atoms with Gasteiger partial charge in [0.15, 0.2) is 11.5 Å². The minimum Gasteiger partial charge on any atom is -0.493 e. The van der Waals surface area contributed by atoms with E-state index < -0.39 is 0 Å². The summed E-state index contributed by atoms with van der Waals surface area (Å²) in [7, 11) is 11.0. The maximum atomic E-state index is 12.9. The van der Waals surface area contributed by atoms with Crippen molar-refractivity contribution in [2.24, 2.45) is 7.05 Å². The summed E-state index contributed by atoms with van der Waals surface area (Å²) in [4.78, 5) is 17.0. The van der Waals surface area contributed by atoms with Gasteiger partial charge in [-0.15, -0.1) is 0 Å². The van der Waals surface area contributed by atoms with Crippen molar-refractivity contribution in [2.75, 3.05) is 45.2 Å². The predicted molar refractivity (Wildman–Crippen MR) is 115 cm³/mol. The lowest BCUT2D eigenvalue weighted by molar-refractivity contribution is 0.355. The molecule has 3 rings (SSSR count). The van der Waals surface area contributed by atoms with Gasteiger partial charge >= 0.3 is 0 Å². The molecule has 0 atom stereocenters. The zero-order valence-corrected chi connectivity index (χ0v) is 17.3. The van der Waals surface area contributed by atoms with Gasteiger partial charge in [0.2, 0.25) is 0 Å². The number of ether oxygens (including phenoxy) is 2. The fourth-order valence-electron chi connectivity index (χ4n) is 3.33. The summed E-state index contributed by atoms with van der Waals surface area (Å²) in [5.41, 5.74) is 3.71. The highest BCUT2D eigenvalue weighted by molar-refractivity contribution is 5.83. The summed E-state index contributed by atoms with van der Waals surface area (Å²) >= 11 is 0. The van der Waals surface area contributed by atoms with Crippen LogP contribution in [0.4, 0.5) is 11.4 Å². The molecule has 0 spiro atoms. The van der Waals surface area contributed by atoms with Crippen molar-refractivity contribution in [1.29, 1.82) is 0 Å².